The molecular weight excluding hydrogens is 258 g/mol. The minimum Gasteiger partial charge on any atom is -0.396 e. The number of carbonyl (C=O) groups excluding carboxylic acids is 1. The molecule has 1 aliphatic heterocycles. The minimum atomic E-state index is -0.135. The SMILES string of the molecule is COCOCC12CCCC(C)(CN(C(C)=O)C1)C2CO. The maximum absolute atomic E-state index is 11.8. The van der Waals surface area contributed by atoms with Crippen molar-refractivity contribution in [1.29, 1.82) is 0 Å². The Hall–Kier alpha value is -0.650. The Bertz CT molecular complexity index is 362. The van der Waals surface area contributed by atoms with Crippen LogP contribution in [-0.4, -0.2) is 56.1 Å². The van der Waals surface area contributed by atoms with Crippen molar-refractivity contribution < 1.29 is 19.4 Å². The first-order valence-electron chi connectivity index (χ1n) is 7.40. The van der Waals surface area contributed by atoms with Gasteiger partial charge in [0, 0.05) is 39.1 Å². The van der Waals surface area contributed by atoms with Gasteiger partial charge in [0.15, 0.2) is 0 Å². The van der Waals surface area contributed by atoms with Gasteiger partial charge in [-0.25, -0.2) is 0 Å². The molecule has 2 fully saturated rings. The lowest BCUT2D eigenvalue weighted by molar-refractivity contribution is -0.178. The van der Waals surface area contributed by atoms with Crippen molar-refractivity contribution >= 4 is 5.91 Å². The Labute approximate surface area is 121 Å². The number of amides is 1. The van der Waals surface area contributed by atoms with Crippen LogP contribution in [0.25, 0.3) is 0 Å². The zero-order valence-electron chi connectivity index (χ0n) is 12.9. The molecule has 1 saturated heterocycles. The molecule has 3 unspecified atom stereocenters. The van der Waals surface area contributed by atoms with E-state index >= 15 is 0 Å². The number of methoxy groups -OCH3 is 1. The van der Waals surface area contributed by atoms with Crippen molar-refractivity contribution in [2.45, 2.75) is 33.1 Å². The molecule has 3 atom stereocenters. The second kappa shape index (κ2) is 6.00. The second-order valence-electron chi connectivity index (χ2n) is 6.74. The topological polar surface area (TPSA) is 59.0 Å². The average Bonchev–Trinajstić information content (AvgIpc) is 2.37. The van der Waals surface area contributed by atoms with Crippen molar-refractivity contribution in [3.8, 4) is 0 Å². The number of hydrogen-bond acceptors (Lipinski definition) is 4. The molecule has 5 heteroatoms. The van der Waals surface area contributed by atoms with E-state index in [0.29, 0.717) is 13.2 Å². The number of fused-ring (bicyclic) bond motifs is 2. The minimum absolute atomic E-state index is 0.00660. The van der Waals surface area contributed by atoms with E-state index < -0.39 is 0 Å². The molecule has 0 aromatic carbocycles. The van der Waals surface area contributed by atoms with Gasteiger partial charge in [0.2, 0.25) is 5.91 Å². The van der Waals surface area contributed by atoms with E-state index in [1.54, 1.807) is 14.0 Å². The normalized spacial score (nSPS) is 37.0. The number of aliphatic hydroxyl groups is 1. The van der Waals surface area contributed by atoms with Crippen LogP contribution in [0.4, 0.5) is 0 Å². The zero-order valence-corrected chi connectivity index (χ0v) is 12.9. The molecular formula is C15H27NO4. The number of hydrogen-bond donors (Lipinski definition) is 1. The number of ether oxygens (including phenoxy) is 2. The number of likely N-dealkylation sites (tertiary alicyclic amines) is 1. The van der Waals surface area contributed by atoms with E-state index in [-0.39, 0.29) is 36.1 Å². The lowest BCUT2D eigenvalue weighted by atomic mass is 9.53. The van der Waals surface area contributed by atoms with Gasteiger partial charge in [0.25, 0.3) is 0 Å². The van der Waals surface area contributed by atoms with Crippen molar-refractivity contribution in [3.05, 3.63) is 0 Å². The highest BCUT2D eigenvalue weighted by atomic mass is 16.7. The first-order valence-corrected chi connectivity index (χ1v) is 7.40. The van der Waals surface area contributed by atoms with Gasteiger partial charge in [-0.3, -0.25) is 4.79 Å². The number of aliphatic hydroxyl groups excluding tert-OH is 1. The molecule has 1 amide bonds. The van der Waals surface area contributed by atoms with Crippen LogP contribution in [0.15, 0.2) is 0 Å². The summed E-state index contributed by atoms with van der Waals surface area (Å²) in [7, 11) is 1.61. The summed E-state index contributed by atoms with van der Waals surface area (Å²) < 4.78 is 10.6. The summed E-state index contributed by atoms with van der Waals surface area (Å²) in [6.45, 7) is 6.24. The zero-order chi connectivity index (χ0) is 14.8. The summed E-state index contributed by atoms with van der Waals surface area (Å²) in [5.41, 5.74) is -0.141. The summed E-state index contributed by atoms with van der Waals surface area (Å²) in [6, 6.07) is 0. The Balaban J connectivity index is 2.24. The molecule has 1 saturated carbocycles. The highest BCUT2D eigenvalue weighted by Gasteiger charge is 2.56. The van der Waals surface area contributed by atoms with Gasteiger partial charge in [-0.15, -0.1) is 0 Å². The molecule has 2 aliphatic rings. The highest BCUT2D eigenvalue weighted by Crippen LogP contribution is 2.55. The van der Waals surface area contributed by atoms with Gasteiger partial charge in [0.1, 0.15) is 6.79 Å². The fraction of sp³-hybridized carbons (Fsp3) is 0.933. The van der Waals surface area contributed by atoms with Crippen LogP contribution >= 0.6 is 0 Å². The predicted octanol–water partition coefficient (Wildman–Crippen LogP) is 1.25. The lowest BCUT2D eigenvalue weighted by Gasteiger charge is -2.59. The molecule has 0 aromatic heterocycles. The number of nitrogens with zero attached hydrogens (tertiary/aromatic N) is 1. The van der Waals surface area contributed by atoms with Crippen molar-refractivity contribution in [2.75, 3.05) is 40.2 Å². The molecule has 5 nitrogen and oxygen atoms in total. The first kappa shape index (κ1) is 15.7. The smallest absolute Gasteiger partial charge is 0.219 e. The van der Waals surface area contributed by atoms with E-state index in [9.17, 15) is 9.90 Å². The number of carbonyl (C=O) groups is 1. The Morgan fingerprint density at radius 3 is 2.75 bits per heavy atom. The van der Waals surface area contributed by atoms with Crippen molar-refractivity contribution in [3.63, 3.8) is 0 Å². The molecule has 1 heterocycles. The maximum Gasteiger partial charge on any atom is 0.219 e. The third kappa shape index (κ3) is 2.71. The molecule has 116 valence electrons. The second-order valence-corrected chi connectivity index (χ2v) is 6.74. The predicted molar refractivity (Wildman–Crippen MR) is 75.0 cm³/mol. The van der Waals surface area contributed by atoms with Crippen LogP contribution in [0.5, 0.6) is 0 Å². The molecule has 1 N–H and O–H groups in total. The van der Waals surface area contributed by atoms with E-state index in [2.05, 4.69) is 6.92 Å². The maximum atomic E-state index is 11.8. The summed E-state index contributed by atoms with van der Waals surface area (Å²) in [6.07, 6.45) is 3.20. The van der Waals surface area contributed by atoms with Crippen LogP contribution in [0, 0.1) is 16.7 Å². The van der Waals surface area contributed by atoms with Crippen LogP contribution in [0.1, 0.15) is 33.1 Å². The van der Waals surface area contributed by atoms with Gasteiger partial charge in [-0.05, 0) is 24.2 Å². The van der Waals surface area contributed by atoms with Crippen LogP contribution in [0.2, 0.25) is 0 Å². The fourth-order valence-electron chi connectivity index (χ4n) is 4.37. The third-order valence-corrected chi connectivity index (χ3v) is 5.28. The Morgan fingerprint density at radius 1 is 1.40 bits per heavy atom. The summed E-state index contributed by atoms with van der Waals surface area (Å²) >= 11 is 0. The molecule has 1 aliphatic carbocycles. The van der Waals surface area contributed by atoms with Crippen LogP contribution in [-0.2, 0) is 14.3 Å². The van der Waals surface area contributed by atoms with E-state index in [1.807, 2.05) is 4.90 Å². The first-order chi connectivity index (χ1) is 9.47. The van der Waals surface area contributed by atoms with Gasteiger partial charge in [-0.2, -0.15) is 0 Å². The molecule has 0 spiro atoms. The quantitative estimate of drug-likeness (QED) is 0.610. The average molecular weight is 285 g/mol. The summed E-state index contributed by atoms with van der Waals surface area (Å²) in [5, 5.41) is 9.92. The van der Waals surface area contributed by atoms with Crippen LogP contribution in [0.3, 0.4) is 0 Å². The van der Waals surface area contributed by atoms with Crippen molar-refractivity contribution in [1.82, 2.24) is 4.90 Å². The fourth-order valence-corrected chi connectivity index (χ4v) is 4.37. The van der Waals surface area contributed by atoms with Crippen LogP contribution < -0.4 is 0 Å². The van der Waals surface area contributed by atoms with Crippen molar-refractivity contribution in [2.24, 2.45) is 16.7 Å². The lowest BCUT2D eigenvalue weighted by Crippen LogP contribution is -2.63. The summed E-state index contributed by atoms with van der Waals surface area (Å²) in [4.78, 5) is 13.8. The van der Waals surface area contributed by atoms with Gasteiger partial charge < -0.3 is 19.5 Å². The molecule has 2 bridgehead atoms. The van der Waals surface area contributed by atoms with E-state index in [0.717, 1.165) is 25.8 Å². The molecule has 20 heavy (non-hydrogen) atoms. The van der Waals surface area contributed by atoms with E-state index in [1.165, 1.54) is 0 Å². The Morgan fingerprint density at radius 2 is 2.15 bits per heavy atom. The molecule has 0 radical (unpaired) electrons. The monoisotopic (exact) mass is 285 g/mol. The molecule has 0 aromatic rings. The number of piperidine rings is 1. The standard InChI is InChI=1S/C15H27NO4/c1-12(18)16-8-14(2)5-4-6-15(9-16,13(14)7-17)10-20-11-19-3/h13,17H,4-11H2,1-3H3. The van der Waals surface area contributed by atoms with Gasteiger partial charge in [-0.1, -0.05) is 13.3 Å². The largest absolute Gasteiger partial charge is 0.396 e. The van der Waals surface area contributed by atoms with Gasteiger partial charge >= 0.3 is 0 Å². The van der Waals surface area contributed by atoms with E-state index in [4.69, 9.17) is 9.47 Å². The third-order valence-electron chi connectivity index (χ3n) is 5.28. The summed E-state index contributed by atoms with van der Waals surface area (Å²) in [5.74, 6) is 0.307. The molecule has 2 rings (SSSR count). The van der Waals surface area contributed by atoms with Gasteiger partial charge in [0.05, 0.1) is 6.61 Å². The number of rotatable bonds is 5. The highest BCUT2D eigenvalue weighted by molar-refractivity contribution is 5.73. The Kier molecular flexibility index (Phi) is 4.72.